The van der Waals surface area contributed by atoms with Crippen LogP contribution in [-0.2, 0) is 12.5 Å². The van der Waals surface area contributed by atoms with Crippen molar-refractivity contribution in [3.63, 3.8) is 0 Å². The van der Waals surface area contributed by atoms with E-state index in [1.165, 1.54) is 24.0 Å². The molecule has 1 aromatic heterocycles. The average molecular weight is 416 g/mol. The van der Waals surface area contributed by atoms with E-state index in [9.17, 15) is 0 Å². The van der Waals surface area contributed by atoms with Gasteiger partial charge >= 0.3 is 0 Å². The fraction of sp³-hybridized carbons (Fsp3) is 0.500. The Hall–Kier alpha value is -1.82. The van der Waals surface area contributed by atoms with Crippen LogP contribution in [0.1, 0.15) is 36.3 Å². The van der Waals surface area contributed by atoms with Crippen LogP contribution in [0.2, 0.25) is 0 Å². The summed E-state index contributed by atoms with van der Waals surface area (Å²) in [4.78, 5) is 6.93. The number of rotatable bonds is 4. The summed E-state index contributed by atoms with van der Waals surface area (Å²) in [6.45, 7) is 3.00. The Bertz CT molecular complexity index is 808. The third-order valence-corrected chi connectivity index (χ3v) is 6.26. The first-order valence-electron chi connectivity index (χ1n) is 9.30. The molecule has 2 heterocycles. The summed E-state index contributed by atoms with van der Waals surface area (Å²) in [6, 6.07) is 8.73. The van der Waals surface area contributed by atoms with E-state index in [1.807, 2.05) is 25.0 Å². The molecule has 4 rings (SSSR count). The van der Waals surface area contributed by atoms with Crippen molar-refractivity contribution >= 4 is 21.9 Å². The zero-order valence-corrected chi connectivity index (χ0v) is 17.0. The fourth-order valence-corrected chi connectivity index (χ4v) is 4.39. The van der Waals surface area contributed by atoms with Crippen LogP contribution in [-0.4, -0.2) is 47.3 Å². The summed E-state index contributed by atoms with van der Waals surface area (Å²) in [5, 5.41) is 7.97. The lowest BCUT2D eigenvalue weighted by atomic mass is 9.96. The summed E-state index contributed by atoms with van der Waals surface area (Å²) in [7, 11) is 3.87. The molecular weight excluding hydrogens is 390 g/mol. The highest BCUT2D eigenvalue weighted by molar-refractivity contribution is 9.10. The van der Waals surface area contributed by atoms with E-state index in [0.29, 0.717) is 5.92 Å². The monoisotopic (exact) mass is 415 g/mol. The zero-order chi connectivity index (χ0) is 18.1. The molecule has 1 aliphatic heterocycles. The van der Waals surface area contributed by atoms with E-state index in [-0.39, 0.29) is 5.41 Å². The minimum atomic E-state index is 0.266. The number of aromatic nitrogens is 2. The van der Waals surface area contributed by atoms with Crippen LogP contribution in [0.5, 0.6) is 0 Å². The third kappa shape index (κ3) is 3.52. The van der Waals surface area contributed by atoms with Crippen molar-refractivity contribution in [2.24, 2.45) is 12.0 Å². The second kappa shape index (κ2) is 7.06. The number of benzene rings is 1. The molecule has 26 heavy (non-hydrogen) atoms. The number of likely N-dealkylation sites (tertiary alicyclic amines) is 1. The van der Waals surface area contributed by atoms with E-state index in [2.05, 4.69) is 66.7 Å². The molecule has 1 aromatic carbocycles. The molecule has 2 aromatic rings. The van der Waals surface area contributed by atoms with Gasteiger partial charge in [-0.2, -0.15) is 5.10 Å². The van der Waals surface area contributed by atoms with Gasteiger partial charge in [0.2, 0.25) is 0 Å². The van der Waals surface area contributed by atoms with Crippen molar-refractivity contribution in [2.45, 2.75) is 30.6 Å². The average Bonchev–Trinajstić information content (AvgIpc) is 3.05. The van der Waals surface area contributed by atoms with E-state index in [1.54, 1.807) is 0 Å². The first-order chi connectivity index (χ1) is 12.6. The van der Waals surface area contributed by atoms with Crippen LogP contribution in [0.15, 0.2) is 46.1 Å². The second-order valence-corrected chi connectivity index (χ2v) is 8.49. The van der Waals surface area contributed by atoms with E-state index in [4.69, 9.17) is 0 Å². The van der Waals surface area contributed by atoms with Gasteiger partial charge in [-0.3, -0.25) is 9.67 Å². The standard InChI is InChI=1S/C20H26BrN5/c1-22-19(26-9-6-15(13-26)16-11-24-25(2)12-16)23-14-20(7-8-20)17-4-3-5-18(21)10-17/h3-5,10-12,15H,6-9,13-14H2,1-2H3,(H,22,23). The highest BCUT2D eigenvalue weighted by Crippen LogP contribution is 2.48. The van der Waals surface area contributed by atoms with Gasteiger partial charge in [-0.25, -0.2) is 0 Å². The molecule has 0 radical (unpaired) electrons. The maximum Gasteiger partial charge on any atom is 0.193 e. The van der Waals surface area contributed by atoms with Crippen LogP contribution < -0.4 is 5.32 Å². The van der Waals surface area contributed by atoms with Crippen molar-refractivity contribution in [1.82, 2.24) is 20.0 Å². The quantitative estimate of drug-likeness (QED) is 0.615. The van der Waals surface area contributed by atoms with Crippen molar-refractivity contribution < 1.29 is 0 Å². The van der Waals surface area contributed by atoms with Gasteiger partial charge in [-0.1, -0.05) is 28.1 Å². The molecule has 1 saturated heterocycles. The van der Waals surface area contributed by atoms with E-state index in [0.717, 1.165) is 36.5 Å². The first kappa shape index (κ1) is 17.6. The summed E-state index contributed by atoms with van der Waals surface area (Å²) in [5.74, 6) is 1.57. The van der Waals surface area contributed by atoms with Gasteiger partial charge < -0.3 is 10.2 Å². The molecule has 1 N–H and O–H groups in total. The van der Waals surface area contributed by atoms with E-state index >= 15 is 0 Å². The first-order valence-corrected chi connectivity index (χ1v) is 10.1. The van der Waals surface area contributed by atoms with Crippen molar-refractivity contribution in [1.29, 1.82) is 0 Å². The highest BCUT2D eigenvalue weighted by atomic mass is 79.9. The molecule has 1 unspecified atom stereocenters. The molecule has 2 aliphatic rings. The minimum Gasteiger partial charge on any atom is -0.355 e. The number of aryl methyl sites for hydroxylation is 1. The van der Waals surface area contributed by atoms with Gasteiger partial charge in [0, 0.05) is 55.7 Å². The van der Waals surface area contributed by atoms with Crippen molar-refractivity contribution in [2.75, 3.05) is 26.7 Å². The molecule has 1 saturated carbocycles. The fourth-order valence-electron chi connectivity index (χ4n) is 3.99. The van der Waals surface area contributed by atoms with Gasteiger partial charge in [-0.05, 0) is 42.5 Å². The molecule has 5 nitrogen and oxygen atoms in total. The zero-order valence-electron chi connectivity index (χ0n) is 15.5. The molecular formula is C20H26BrN5. The Labute approximate surface area is 163 Å². The predicted molar refractivity (Wildman–Crippen MR) is 109 cm³/mol. The Balaban J connectivity index is 1.38. The highest BCUT2D eigenvalue weighted by Gasteiger charge is 2.44. The Morgan fingerprint density at radius 2 is 2.27 bits per heavy atom. The predicted octanol–water partition coefficient (Wildman–Crippen LogP) is 3.28. The van der Waals surface area contributed by atoms with Crippen molar-refractivity contribution in [3.8, 4) is 0 Å². The minimum absolute atomic E-state index is 0.266. The summed E-state index contributed by atoms with van der Waals surface area (Å²) >= 11 is 3.60. The SMILES string of the molecule is CN=C(NCC1(c2cccc(Br)c2)CC1)N1CCC(c2cnn(C)c2)C1. The van der Waals surface area contributed by atoms with Crippen molar-refractivity contribution in [3.05, 3.63) is 52.3 Å². The molecule has 6 heteroatoms. The number of hydrogen-bond donors (Lipinski definition) is 1. The van der Waals surface area contributed by atoms with Gasteiger partial charge in [0.15, 0.2) is 5.96 Å². The lowest BCUT2D eigenvalue weighted by molar-refractivity contribution is 0.478. The third-order valence-electron chi connectivity index (χ3n) is 5.77. The van der Waals surface area contributed by atoms with Gasteiger partial charge in [0.1, 0.15) is 0 Å². The summed E-state index contributed by atoms with van der Waals surface area (Å²) in [6.07, 6.45) is 7.77. The maximum atomic E-state index is 4.55. The van der Waals surface area contributed by atoms with Crippen LogP contribution >= 0.6 is 15.9 Å². The number of halogens is 1. The van der Waals surface area contributed by atoms with E-state index < -0.39 is 0 Å². The number of nitrogens with one attached hydrogen (secondary N) is 1. The largest absolute Gasteiger partial charge is 0.355 e. The molecule has 138 valence electrons. The van der Waals surface area contributed by atoms with Crippen LogP contribution in [0, 0.1) is 0 Å². The smallest absolute Gasteiger partial charge is 0.193 e. The van der Waals surface area contributed by atoms with Gasteiger partial charge in [0.25, 0.3) is 0 Å². The molecule has 1 atom stereocenters. The number of nitrogens with zero attached hydrogens (tertiary/aromatic N) is 4. The number of guanidine groups is 1. The van der Waals surface area contributed by atoms with Gasteiger partial charge in [0.05, 0.1) is 6.20 Å². The Morgan fingerprint density at radius 1 is 1.42 bits per heavy atom. The molecule has 2 fully saturated rings. The summed E-state index contributed by atoms with van der Waals surface area (Å²) in [5.41, 5.74) is 3.02. The molecule has 0 spiro atoms. The van der Waals surface area contributed by atoms with Crippen LogP contribution in [0.3, 0.4) is 0 Å². The Morgan fingerprint density at radius 3 is 2.92 bits per heavy atom. The van der Waals surface area contributed by atoms with Gasteiger partial charge in [-0.15, -0.1) is 0 Å². The lowest BCUT2D eigenvalue weighted by Gasteiger charge is -2.24. The van der Waals surface area contributed by atoms with Crippen LogP contribution in [0.25, 0.3) is 0 Å². The second-order valence-electron chi connectivity index (χ2n) is 7.57. The van der Waals surface area contributed by atoms with Crippen LogP contribution in [0.4, 0.5) is 0 Å². The maximum absolute atomic E-state index is 4.55. The molecule has 0 bridgehead atoms. The summed E-state index contributed by atoms with van der Waals surface area (Å²) < 4.78 is 3.05. The Kier molecular flexibility index (Phi) is 4.78. The topological polar surface area (TPSA) is 45.5 Å². The normalized spacial score (nSPS) is 21.9. The lowest BCUT2D eigenvalue weighted by Crippen LogP contribution is -2.43. The number of aliphatic imine (C=N–C) groups is 1. The molecule has 0 amide bonds. The molecule has 1 aliphatic carbocycles. The number of hydrogen-bond acceptors (Lipinski definition) is 2.